The maximum Gasteiger partial charge on any atom is 0.0722 e. The van der Waals surface area contributed by atoms with Gasteiger partial charge in [-0.2, -0.15) is 0 Å². The molecule has 0 amide bonds. The zero-order valence-corrected chi connectivity index (χ0v) is 12.5. The minimum atomic E-state index is -0.174. The van der Waals surface area contributed by atoms with Gasteiger partial charge in [-0.25, -0.2) is 0 Å². The van der Waals surface area contributed by atoms with Gasteiger partial charge in [-0.15, -0.1) is 0 Å². The molecule has 0 saturated carbocycles. The molecule has 1 aromatic carbocycles. The molecule has 2 N–H and O–H groups in total. The van der Waals surface area contributed by atoms with E-state index in [0.29, 0.717) is 13.2 Å². The Morgan fingerprint density at radius 1 is 1.06 bits per heavy atom. The van der Waals surface area contributed by atoms with Crippen molar-refractivity contribution >= 4 is 0 Å². The lowest BCUT2D eigenvalue weighted by Crippen LogP contribution is -2.43. The van der Waals surface area contributed by atoms with E-state index in [4.69, 9.17) is 10.5 Å². The molecule has 102 valence electrons. The van der Waals surface area contributed by atoms with Crippen LogP contribution in [0, 0.1) is 20.8 Å². The van der Waals surface area contributed by atoms with Crippen LogP contribution in [-0.2, 0) is 11.3 Å². The van der Waals surface area contributed by atoms with E-state index < -0.39 is 0 Å². The summed E-state index contributed by atoms with van der Waals surface area (Å²) in [6.07, 6.45) is 1.91. The summed E-state index contributed by atoms with van der Waals surface area (Å²) in [5.41, 5.74) is 11.3. The molecule has 0 bridgehead atoms. The second-order valence-corrected chi connectivity index (χ2v) is 5.44. The number of ether oxygens (including phenoxy) is 1. The lowest BCUT2D eigenvalue weighted by Gasteiger charge is -2.26. The Kier molecular flexibility index (Phi) is 5.36. The van der Waals surface area contributed by atoms with Crippen molar-refractivity contribution in [2.75, 3.05) is 6.61 Å². The van der Waals surface area contributed by atoms with Crippen LogP contribution in [0.3, 0.4) is 0 Å². The Hall–Kier alpha value is -0.860. The molecule has 0 spiro atoms. The third-order valence-electron chi connectivity index (χ3n) is 3.88. The highest BCUT2D eigenvalue weighted by atomic mass is 16.5. The van der Waals surface area contributed by atoms with Gasteiger partial charge < -0.3 is 10.5 Å². The van der Waals surface area contributed by atoms with Gasteiger partial charge in [0.1, 0.15) is 0 Å². The van der Waals surface area contributed by atoms with E-state index in [9.17, 15) is 0 Å². The van der Waals surface area contributed by atoms with Gasteiger partial charge in [0.25, 0.3) is 0 Å². The van der Waals surface area contributed by atoms with Crippen LogP contribution in [0.1, 0.15) is 48.9 Å². The van der Waals surface area contributed by atoms with Gasteiger partial charge in [0, 0.05) is 5.54 Å². The number of benzene rings is 1. The Bertz CT molecular complexity index is 371. The molecule has 0 aliphatic carbocycles. The second-order valence-electron chi connectivity index (χ2n) is 5.44. The summed E-state index contributed by atoms with van der Waals surface area (Å²) in [5.74, 6) is 0. The molecule has 0 heterocycles. The van der Waals surface area contributed by atoms with E-state index in [1.165, 1.54) is 22.3 Å². The first kappa shape index (κ1) is 15.2. The van der Waals surface area contributed by atoms with Crippen molar-refractivity contribution in [3.63, 3.8) is 0 Å². The standard InChI is InChI=1S/C16H27NO/c1-6-16(17,7-2)11-18-10-15-13(4)8-12(3)9-14(15)5/h8-9H,6-7,10-11,17H2,1-5H3. The van der Waals surface area contributed by atoms with Gasteiger partial charge in [0.2, 0.25) is 0 Å². The first-order valence-corrected chi connectivity index (χ1v) is 6.85. The monoisotopic (exact) mass is 249 g/mol. The first-order chi connectivity index (χ1) is 8.41. The smallest absolute Gasteiger partial charge is 0.0722 e. The fourth-order valence-electron chi connectivity index (χ4n) is 2.25. The van der Waals surface area contributed by atoms with Crippen LogP contribution in [0.5, 0.6) is 0 Å². The molecule has 0 radical (unpaired) electrons. The average molecular weight is 249 g/mol. The van der Waals surface area contributed by atoms with Crippen molar-refractivity contribution in [2.45, 2.75) is 59.6 Å². The van der Waals surface area contributed by atoms with Crippen molar-refractivity contribution in [1.82, 2.24) is 0 Å². The molecule has 2 heteroatoms. The molecule has 0 aliphatic heterocycles. The van der Waals surface area contributed by atoms with Crippen molar-refractivity contribution in [3.05, 3.63) is 34.4 Å². The Labute approximate surface area is 112 Å². The van der Waals surface area contributed by atoms with Crippen LogP contribution in [0.25, 0.3) is 0 Å². The summed E-state index contributed by atoms with van der Waals surface area (Å²) < 4.78 is 5.84. The number of hydrogen-bond acceptors (Lipinski definition) is 2. The van der Waals surface area contributed by atoms with Crippen molar-refractivity contribution < 1.29 is 4.74 Å². The molecular weight excluding hydrogens is 222 g/mol. The number of hydrogen-bond donors (Lipinski definition) is 1. The molecule has 0 atom stereocenters. The van der Waals surface area contributed by atoms with E-state index in [-0.39, 0.29) is 5.54 Å². The van der Waals surface area contributed by atoms with Gasteiger partial charge >= 0.3 is 0 Å². The Balaban J connectivity index is 2.65. The molecular formula is C16H27NO. The normalized spacial score (nSPS) is 11.9. The van der Waals surface area contributed by atoms with Gasteiger partial charge in [0.15, 0.2) is 0 Å². The molecule has 0 aliphatic rings. The maximum absolute atomic E-state index is 6.24. The maximum atomic E-state index is 6.24. The zero-order chi connectivity index (χ0) is 13.8. The van der Waals surface area contributed by atoms with Crippen LogP contribution in [0.2, 0.25) is 0 Å². The number of nitrogens with two attached hydrogens (primary N) is 1. The van der Waals surface area contributed by atoms with Crippen molar-refractivity contribution in [2.24, 2.45) is 5.73 Å². The zero-order valence-electron chi connectivity index (χ0n) is 12.5. The fraction of sp³-hybridized carbons (Fsp3) is 0.625. The minimum absolute atomic E-state index is 0.174. The number of rotatable bonds is 6. The van der Waals surface area contributed by atoms with Crippen LogP contribution in [0.15, 0.2) is 12.1 Å². The third-order valence-corrected chi connectivity index (χ3v) is 3.88. The fourth-order valence-corrected chi connectivity index (χ4v) is 2.25. The predicted octanol–water partition coefficient (Wildman–Crippen LogP) is 3.65. The quantitative estimate of drug-likeness (QED) is 0.835. The average Bonchev–Trinajstić information content (AvgIpc) is 2.32. The predicted molar refractivity (Wildman–Crippen MR) is 77.8 cm³/mol. The summed E-state index contributed by atoms with van der Waals surface area (Å²) >= 11 is 0. The lowest BCUT2D eigenvalue weighted by molar-refractivity contribution is 0.0691. The van der Waals surface area contributed by atoms with E-state index in [1.54, 1.807) is 0 Å². The van der Waals surface area contributed by atoms with E-state index >= 15 is 0 Å². The van der Waals surface area contributed by atoms with E-state index in [1.807, 2.05) is 0 Å². The topological polar surface area (TPSA) is 35.2 Å². The summed E-state index contributed by atoms with van der Waals surface area (Å²) in [5, 5.41) is 0. The highest BCUT2D eigenvalue weighted by molar-refractivity contribution is 5.36. The van der Waals surface area contributed by atoms with E-state index in [0.717, 1.165) is 12.8 Å². The van der Waals surface area contributed by atoms with Gasteiger partial charge in [-0.3, -0.25) is 0 Å². The summed E-state index contributed by atoms with van der Waals surface area (Å²) in [7, 11) is 0. The highest BCUT2D eigenvalue weighted by Gasteiger charge is 2.20. The summed E-state index contributed by atoms with van der Waals surface area (Å²) in [6, 6.07) is 4.42. The van der Waals surface area contributed by atoms with Gasteiger partial charge in [-0.1, -0.05) is 31.5 Å². The van der Waals surface area contributed by atoms with Crippen LogP contribution in [-0.4, -0.2) is 12.1 Å². The molecule has 0 unspecified atom stereocenters. The third kappa shape index (κ3) is 3.82. The van der Waals surface area contributed by atoms with Crippen LogP contribution in [0.4, 0.5) is 0 Å². The first-order valence-electron chi connectivity index (χ1n) is 6.85. The van der Waals surface area contributed by atoms with Gasteiger partial charge in [0.05, 0.1) is 13.2 Å². The second kappa shape index (κ2) is 6.35. The lowest BCUT2D eigenvalue weighted by atomic mass is 9.95. The molecule has 0 saturated heterocycles. The van der Waals surface area contributed by atoms with Crippen molar-refractivity contribution in [1.29, 1.82) is 0 Å². The molecule has 0 aromatic heterocycles. The highest BCUT2D eigenvalue weighted by Crippen LogP contribution is 2.19. The molecule has 2 nitrogen and oxygen atoms in total. The molecule has 1 rings (SSSR count). The van der Waals surface area contributed by atoms with E-state index in [2.05, 4.69) is 46.8 Å². The van der Waals surface area contributed by atoms with Crippen molar-refractivity contribution in [3.8, 4) is 0 Å². The summed E-state index contributed by atoms with van der Waals surface area (Å²) in [4.78, 5) is 0. The number of aryl methyl sites for hydroxylation is 3. The van der Waals surface area contributed by atoms with Crippen LogP contribution >= 0.6 is 0 Å². The SMILES string of the molecule is CCC(N)(CC)COCc1c(C)cc(C)cc1C. The summed E-state index contributed by atoms with van der Waals surface area (Å²) in [6.45, 7) is 12.0. The van der Waals surface area contributed by atoms with Gasteiger partial charge in [-0.05, 0) is 50.3 Å². The minimum Gasteiger partial charge on any atom is -0.375 e. The van der Waals surface area contributed by atoms with Crippen LogP contribution < -0.4 is 5.73 Å². The molecule has 1 aromatic rings. The molecule has 0 fully saturated rings. The largest absolute Gasteiger partial charge is 0.375 e. The molecule has 18 heavy (non-hydrogen) atoms. The Morgan fingerprint density at radius 3 is 2.00 bits per heavy atom. The Morgan fingerprint density at radius 2 is 1.56 bits per heavy atom.